The van der Waals surface area contributed by atoms with Gasteiger partial charge in [0.1, 0.15) is 0 Å². The van der Waals surface area contributed by atoms with E-state index in [1.165, 1.54) is 5.56 Å². The average molecular weight is 287 g/mol. The Morgan fingerprint density at radius 1 is 1.19 bits per heavy atom. The molecule has 0 saturated heterocycles. The van der Waals surface area contributed by atoms with Crippen molar-refractivity contribution < 1.29 is 9.47 Å². The Kier molecular flexibility index (Phi) is 5.67. The van der Waals surface area contributed by atoms with Crippen LogP contribution in [0.25, 0.3) is 0 Å². The van der Waals surface area contributed by atoms with E-state index in [0.29, 0.717) is 0 Å². The SMILES string of the molecule is CCC(CC)Oc1cc(CBr)ccc1OC. The van der Waals surface area contributed by atoms with Gasteiger partial charge in [-0.3, -0.25) is 0 Å². The Morgan fingerprint density at radius 3 is 2.38 bits per heavy atom. The number of benzene rings is 1. The van der Waals surface area contributed by atoms with Crippen LogP contribution in [0.3, 0.4) is 0 Å². The molecule has 1 rings (SSSR count). The van der Waals surface area contributed by atoms with E-state index in [2.05, 4.69) is 29.8 Å². The highest BCUT2D eigenvalue weighted by atomic mass is 79.9. The van der Waals surface area contributed by atoms with Crippen LogP contribution in [0, 0.1) is 0 Å². The smallest absolute Gasteiger partial charge is 0.161 e. The summed E-state index contributed by atoms with van der Waals surface area (Å²) in [6.45, 7) is 4.27. The third-order valence-corrected chi connectivity index (χ3v) is 3.23. The topological polar surface area (TPSA) is 18.5 Å². The third kappa shape index (κ3) is 3.41. The van der Waals surface area contributed by atoms with E-state index in [-0.39, 0.29) is 6.10 Å². The molecule has 0 atom stereocenters. The highest BCUT2D eigenvalue weighted by molar-refractivity contribution is 9.08. The van der Waals surface area contributed by atoms with Crippen molar-refractivity contribution in [3.63, 3.8) is 0 Å². The fourth-order valence-electron chi connectivity index (χ4n) is 1.53. The highest BCUT2D eigenvalue weighted by Crippen LogP contribution is 2.30. The summed E-state index contributed by atoms with van der Waals surface area (Å²) in [5.41, 5.74) is 1.20. The van der Waals surface area contributed by atoms with Gasteiger partial charge < -0.3 is 9.47 Å². The first-order valence-corrected chi connectivity index (χ1v) is 6.76. The first-order valence-electron chi connectivity index (χ1n) is 5.64. The monoisotopic (exact) mass is 286 g/mol. The second kappa shape index (κ2) is 6.79. The average Bonchev–Trinajstić information content (AvgIpc) is 2.35. The maximum atomic E-state index is 5.93. The molecule has 3 heteroatoms. The number of methoxy groups -OCH3 is 1. The lowest BCUT2D eigenvalue weighted by atomic mass is 10.2. The van der Waals surface area contributed by atoms with Crippen LogP contribution in [-0.4, -0.2) is 13.2 Å². The lowest BCUT2D eigenvalue weighted by molar-refractivity contribution is 0.185. The maximum Gasteiger partial charge on any atom is 0.161 e. The van der Waals surface area contributed by atoms with Crippen LogP contribution in [0.15, 0.2) is 18.2 Å². The summed E-state index contributed by atoms with van der Waals surface area (Å²) in [6, 6.07) is 6.02. The van der Waals surface area contributed by atoms with Crippen molar-refractivity contribution in [2.45, 2.75) is 38.1 Å². The van der Waals surface area contributed by atoms with Crippen molar-refractivity contribution in [2.75, 3.05) is 7.11 Å². The molecule has 0 N–H and O–H groups in total. The summed E-state index contributed by atoms with van der Waals surface area (Å²) in [4.78, 5) is 0. The summed E-state index contributed by atoms with van der Waals surface area (Å²) in [5, 5.41) is 0.830. The molecule has 90 valence electrons. The van der Waals surface area contributed by atoms with Gasteiger partial charge in [0.25, 0.3) is 0 Å². The Bertz CT molecular complexity index is 322. The van der Waals surface area contributed by atoms with Crippen LogP contribution in [-0.2, 0) is 5.33 Å². The Hall–Kier alpha value is -0.700. The molecular formula is C13H19BrO2. The van der Waals surface area contributed by atoms with E-state index in [4.69, 9.17) is 9.47 Å². The molecule has 0 bridgehead atoms. The van der Waals surface area contributed by atoms with Crippen LogP contribution < -0.4 is 9.47 Å². The van der Waals surface area contributed by atoms with Crippen LogP contribution in [0.5, 0.6) is 11.5 Å². The summed E-state index contributed by atoms with van der Waals surface area (Å²) >= 11 is 3.44. The summed E-state index contributed by atoms with van der Waals surface area (Å²) in [6.07, 6.45) is 2.29. The highest BCUT2D eigenvalue weighted by Gasteiger charge is 2.10. The van der Waals surface area contributed by atoms with Gasteiger partial charge in [0.05, 0.1) is 13.2 Å². The van der Waals surface area contributed by atoms with Crippen LogP contribution in [0.2, 0.25) is 0 Å². The first-order chi connectivity index (χ1) is 7.74. The van der Waals surface area contributed by atoms with E-state index in [9.17, 15) is 0 Å². The van der Waals surface area contributed by atoms with Crippen molar-refractivity contribution in [1.82, 2.24) is 0 Å². The van der Waals surface area contributed by atoms with Gasteiger partial charge in [0.15, 0.2) is 11.5 Å². The van der Waals surface area contributed by atoms with Gasteiger partial charge in [-0.2, -0.15) is 0 Å². The van der Waals surface area contributed by atoms with E-state index in [1.54, 1.807) is 7.11 Å². The standard InChI is InChI=1S/C13H19BrO2/c1-4-11(5-2)16-13-8-10(9-14)6-7-12(13)15-3/h6-8,11H,4-5,9H2,1-3H3. The second-order valence-electron chi connectivity index (χ2n) is 3.68. The molecule has 16 heavy (non-hydrogen) atoms. The third-order valence-electron chi connectivity index (χ3n) is 2.59. The molecule has 0 spiro atoms. The fraction of sp³-hybridized carbons (Fsp3) is 0.538. The molecule has 2 nitrogen and oxygen atoms in total. The minimum atomic E-state index is 0.263. The molecule has 1 aromatic carbocycles. The van der Waals surface area contributed by atoms with Crippen molar-refractivity contribution in [1.29, 1.82) is 0 Å². The number of hydrogen-bond acceptors (Lipinski definition) is 2. The number of alkyl halides is 1. The molecule has 0 aliphatic heterocycles. The van der Waals surface area contributed by atoms with Crippen molar-refractivity contribution in [3.05, 3.63) is 23.8 Å². The maximum absolute atomic E-state index is 5.93. The van der Waals surface area contributed by atoms with E-state index in [1.807, 2.05) is 18.2 Å². The zero-order chi connectivity index (χ0) is 12.0. The second-order valence-corrected chi connectivity index (χ2v) is 4.24. The number of ether oxygens (including phenoxy) is 2. The fourth-order valence-corrected chi connectivity index (χ4v) is 1.88. The predicted molar refractivity (Wildman–Crippen MR) is 70.6 cm³/mol. The normalized spacial score (nSPS) is 10.6. The first kappa shape index (κ1) is 13.4. The molecule has 0 aliphatic rings. The van der Waals surface area contributed by atoms with Crippen LogP contribution in [0.1, 0.15) is 32.3 Å². The molecular weight excluding hydrogens is 268 g/mol. The molecule has 0 radical (unpaired) electrons. The molecule has 0 aromatic heterocycles. The van der Waals surface area contributed by atoms with Crippen LogP contribution >= 0.6 is 15.9 Å². The zero-order valence-corrected chi connectivity index (χ0v) is 11.7. The van der Waals surface area contributed by atoms with Gasteiger partial charge in [0.2, 0.25) is 0 Å². The molecule has 1 aromatic rings. The van der Waals surface area contributed by atoms with Crippen molar-refractivity contribution >= 4 is 15.9 Å². The Morgan fingerprint density at radius 2 is 1.88 bits per heavy atom. The van der Waals surface area contributed by atoms with Gasteiger partial charge in [0, 0.05) is 5.33 Å². The molecule has 0 heterocycles. The lowest BCUT2D eigenvalue weighted by Crippen LogP contribution is -2.14. The minimum absolute atomic E-state index is 0.263. The quantitative estimate of drug-likeness (QED) is 0.731. The molecule has 0 amide bonds. The predicted octanol–water partition coefficient (Wildman–Crippen LogP) is 4.16. The summed E-state index contributed by atoms with van der Waals surface area (Å²) < 4.78 is 11.2. The van der Waals surface area contributed by atoms with E-state index >= 15 is 0 Å². The summed E-state index contributed by atoms with van der Waals surface area (Å²) in [7, 11) is 1.67. The molecule has 0 fully saturated rings. The van der Waals surface area contributed by atoms with Crippen molar-refractivity contribution in [3.8, 4) is 11.5 Å². The molecule has 0 aliphatic carbocycles. The number of hydrogen-bond donors (Lipinski definition) is 0. The summed E-state index contributed by atoms with van der Waals surface area (Å²) in [5.74, 6) is 1.64. The van der Waals surface area contributed by atoms with Crippen molar-refractivity contribution in [2.24, 2.45) is 0 Å². The molecule has 0 unspecified atom stereocenters. The largest absolute Gasteiger partial charge is 0.493 e. The van der Waals surface area contributed by atoms with Gasteiger partial charge in [-0.1, -0.05) is 35.8 Å². The number of rotatable bonds is 6. The Balaban J connectivity index is 2.90. The Labute approximate surface area is 106 Å². The molecule has 0 saturated carbocycles. The van der Waals surface area contributed by atoms with Gasteiger partial charge >= 0.3 is 0 Å². The van der Waals surface area contributed by atoms with E-state index in [0.717, 1.165) is 29.7 Å². The van der Waals surface area contributed by atoms with Gasteiger partial charge in [-0.05, 0) is 30.5 Å². The number of halogens is 1. The van der Waals surface area contributed by atoms with E-state index < -0.39 is 0 Å². The zero-order valence-electron chi connectivity index (χ0n) is 10.1. The van der Waals surface area contributed by atoms with Gasteiger partial charge in [-0.25, -0.2) is 0 Å². The van der Waals surface area contributed by atoms with Gasteiger partial charge in [-0.15, -0.1) is 0 Å². The van der Waals surface area contributed by atoms with Crippen LogP contribution in [0.4, 0.5) is 0 Å². The lowest BCUT2D eigenvalue weighted by Gasteiger charge is -2.18. The minimum Gasteiger partial charge on any atom is -0.493 e.